The average molecular weight is 437 g/mol. The Hall–Kier alpha value is -4.29. The molecule has 0 aliphatic carbocycles. The molecule has 0 amide bonds. The first-order chi connectivity index (χ1) is 16.0. The summed E-state index contributed by atoms with van der Waals surface area (Å²) < 4.78 is 27.8. The van der Waals surface area contributed by atoms with Crippen molar-refractivity contribution in [3.8, 4) is 12.1 Å². The third-order valence-corrected chi connectivity index (χ3v) is 6.52. The Kier molecular flexibility index (Phi) is 4.80. The predicted molar refractivity (Wildman–Crippen MR) is 119 cm³/mol. The molecule has 160 valence electrons. The molecule has 0 unspecified atom stereocenters. The number of hydrogen-bond donors (Lipinski definition) is 0. The van der Waals surface area contributed by atoms with Crippen LogP contribution in [0, 0.1) is 39.7 Å². The van der Waals surface area contributed by atoms with Crippen LogP contribution in [-0.2, 0) is 0 Å². The largest absolute Gasteiger partial charge is 0.351 e. The number of carbonyl (C=O) groups is 1. The van der Waals surface area contributed by atoms with Gasteiger partial charge in [-0.15, -0.1) is 0 Å². The van der Waals surface area contributed by atoms with Crippen molar-refractivity contribution >= 4 is 17.5 Å². The second-order valence-corrected chi connectivity index (χ2v) is 8.21. The van der Waals surface area contributed by atoms with Gasteiger partial charge in [0.2, 0.25) is 0 Å². The van der Waals surface area contributed by atoms with Crippen LogP contribution < -0.4 is 4.90 Å². The van der Waals surface area contributed by atoms with Gasteiger partial charge in [-0.3, -0.25) is 4.79 Å². The number of Topliss-reactive ketones (excluding diaryl/α,β-unsaturated/α-hetero) is 1. The summed E-state index contributed by atoms with van der Waals surface area (Å²) >= 11 is 0. The van der Waals surface area contributed by atoms with Gasteiger partial charge in [-0.1, -0.05) is 42.5 Å². The molecule has 0 saturated carbocycles. The van der Waals surface area contributed by atoms with E-state index < -0.39 is 35.1 Å². The van der Waals surface area contributed by atoms with E-state index in [9.17, 15) is 24.1 Å². The molecule has 1 saturated heterocycles. The zero-order valence-corrected chi connectivity index (χ0v) is 17.3. The Balaban J connectivity index is 1.79. The van der Waals surface area contributed by atoms with E-state index in [1.165, 1.54) is 42.5 Å². The fourth-order valence-corrected chi connectivity index (χ4v) is 5.09. The van der Waals surface area contributed by atoms with Gasteiger partial charge in [0, 0.05) is 17.2 Å². The molecule has 6 heteroatoms. The van der Waals surface area contributed by atoms with Crippen molar-refractivity contribution in [1.29, 1.82) is 10.5 Å². The second kappa shape index (κ2) is 7.69. The van der Waals surface area contributed by atoms with Crippen LogP contribution in [0.3, 0.4) is 0 Å². The van der Waals surface area contributed by atoms with Crippen LogP contribution in [0.5, 0.6) is 0 Å². The van der Waals surface area contributed by atoms with E-state index in [1.54, 1.807) is 17.0 Å². The van der Waals surface area contributed by atoms with Gasteiger partial charge in [0.05, 0.1) is 18.2 Å². The molecule has 4 nitrogen and oxygen atoms in total. The molecular weight excluding hydrogens is 420 g/mol. The molecule has 0 N–H and O–H groups in total. The number of benzene rings is 3. The van der Waals surface area contributed by atoms with Crippen molar-refractivity contribution in [2.45, 2.75) is 18.0 Å². The SMILES string of the molecule is N#CC1(C#N)[C@H](c2cccc(F)c2)[C@@H](C(=O)c2ccc(F)cc2)N2c3ccccc3C=C[C@H]21. The van der Waals surface area contributed by atoms with Crippen molar-refractivity contribution in [2.75, 3.05) is 4.90 Å². The van der Waals surface area contributed by atoms with E-state index in [4.69, 9.17) is 0 Å². The van der Waals surface area contributed by atoms with Crippen LogP contribution >= 0.6 is 0 Å². The molecular formula is C27H17F2N3O. The zero-order chi connectivity index (χ0) is 23.2. The summed E-state index contributed by atoms with van der Waals surface area (Å²) in [6, 6.07) is 20.9. The Morgan fingerprint density at radius 1 is 0.909 bits per heavy atom. The van der Waals surface area contributed by atoms with Gasteiger partial charge >= 0.3 is 0 Å². The number of nitriles is 2. The van der Waals surface area contributed by atoms with E-state index in [1.807, 2.05) is 30.3 Å². The maximum Gasteiger partial charge on any atom is 0.185 e. The summed E-state index contributed by atoms with van der Waals surface area (Å²) in [6.45, 7) is 0. The Morgan fingerprint density at radius 2 is 1.64 bits per heavy atom. The standard InChI is InChI=1S/C27H17F2N3O/c28-20-11-8-18(9-12-20)26(33)25-24(19-5-3-6-21(29)14-19)27(15-30,16-31)23-13-10-17-4-1-2-7-22(17)32(23)25/h1-14,23-25H/t23-,24+,25-/m0/s1. The molecule has 2 heterocycles. The first kappa shape index (κ1) is 20.6. The van der Waals surface area contributed by atoms with Crippen molar-refractivity contribution < 1.29 is 13.6 Å². The molecule has 3 atom stereocenters. The topological polar surface area (TPSA) is 67.9 Å². The van der Waals surface area contributed by atoms with Gasteiger partial charge < -0.3 is 4.90 Å². The predicted octanol–water partition coefficient (Wildman–Crippen LogP) is 5.25. The minimum Gasteiger partial charge on any atom is -0.351 e. The van der Waals surface area contributed by atoms with Gasteiger partial charge in [-0.25, -0.2) is 8.78 Å². The normalized spacial score (nSPS) is 22.1. The molecule has 0 aromatic heterocycles. The maximum atomic E-state index is 14.3. The van der Waals surface area contributed by atoms with Gasteiger partial charge in [-0.2, -0.15) is 10.5 Å². The summed E-state index contributed by atoms with van der Waals surface area (Å²) in [5, 5.41) is 20.6. The Labute approximate surface area is 189 Å². The average Bonchev–Trinajstić information content (AvgIpc) is 3.15. The molecule has 3 aromatic carbocycles. The summed E-state index contributed by atoms with van der Waals surface area (Å²) in [5.41, 5.74) is 0.534. The lowest BCUT2D eigenvalue weighted by atomic mass is 9.69. The molecule has 0 radical (unpaired) electrons. The van der Waals surface area contributed by atoms with E-state index >= 15 is 0 Å². The van der Waals surface area contributed by atoms with Crippen molar-refractivity contribution in [2.24, 2.45) is 5.41 Å². The van der Waals surface area contributed by atoms with Crippen LogP contribution in [0.4, 0.5) is 14.5 Å². The highest BCUT2D eigenvalue weighted by molar-refractivity contribution is 6.04. The van der Waals surface area contributed by atoms with Crippen molar-refractivity contribution in [3.05, 3.63) is 107 Å². The van der Waals surface area contributed by atoms with E-state index in [-0.39, 0.29) is 11.3 Å². The van der Waals surface area contributed by atoms with Gasteiger partial charge in [0.15, 0.2) is 11.2 Å². The molecule has 5 rings (SSSR count). The lowest BCUT2D eigenvalue weighted by Gasteiger charge is -2.35. The highest BCUT2D eigenvalue weighted by Gasteiger charge is 2.63. The minimum atomic E-state index is -1.65. The van der Waals surface area contributed by atoms with Crippen molar-refractivity contribution in [3.63, 3.8) is 0 Å². The van der Waals surface area contributed by atoms with E-state index in [2.05, 4.69) is 12.1 Å². The molecule has 0 spiro atoms. The molecule has 33 heavy (non-hydrogen) atoms. The molecule has 1 fully saturated rings. The van der Waals surface area contributed by atoms with Crippen LogP contribution in [0.25, 0.3) is 6.08 Å². The molecule has 0 bridgehead atoms. The third kappa shape index (κ3) is 3.03. The van der Waals surface area contributed by atoms with Crippen LogP contribution in [0.1, 0.15) is 27.4 Å². The number of rotatable bonds is 3. The van der Waals surface area contributed by atoms with Crippen molar-refractivity contribution in [1.82, 2.24) is 0 Å². The second-order valence-electron chi connectivity index (χ2n) is 8.21. The first-order valence-electron chi connectivity index (χ1n) is 10.4. The maximum absolute atomic E-state index is 14.3. The van der Waals surface area contributed by atoms with Crippen LogP contribution in [0.2, 0.25) is 0 Å². The zero-order valence-electron chi connectivity index (χ0n) is 17.3. The molecule has 2 aliphatic rings. The lowest BCUT2D eigenvalue weighted by molar-refractivity contribution is 0.0951. The number of para-hydroxylation sites is 1. The number of anilines is 1. The number of nitrogens with zero attached hydrogens (tertiary/aromatic N) is 3. The third-order valence-electron chi connectivity index (χ3n) is 6.52. The number of carbonyl (C=O) groups excluding carboxylic acids is 1. The summed E-state index contributed by atoms with van der Waals surface area (Å²) in [7, 11) is 0. The van der Waals surface area contributed by atoms with Gasteiger partial charge in [0.25, 0.3) is 0 Å². The first-order valence-corrected chi connectivity index (χ1v) is 10.4. The summed E-state index contributed by atoms with van der Waals surface area (Å²) in [4.78, 5) is 15.7. The fraction of sp³-hybridized carbons (Fsp3) is 0.148. The monoisotopic (exact) mass is 437 g/mol. The highest BCUT2D eigenvalue weighted by atomic mass is 19.1. The smallest absolute Gasteiger partial charge is 0.185 e. The fourth-order valence-electron chi connectivity index (χ4n) is 5.09. The van der Waals surface area contributed by atoms with E-state index in [0.717, 1.165) is 5.56 Å². The number of fused-ring (bicyclic) bond motifs is 3. The molecule has 3 aromatic rings. The van der Waals surface area contributed by atoms with Gasteiger partial charge in [-0.05, 0) is 53.6 Å². The highest BCUT2D eigenvalue weighted by Crippen LogP contribution is 2.55. The quantitative estimate of drug-likeness (QED) is 0.525. The van der Waals surface area contributed by atoms with E-state index in [0.29, 0.717) is 11.3 Å². The lowest BCUT2D eigenvalue weighted by Crippen LogP contribution is -2.44. The van der Waals surface area contributed by atoms with Gasteiger partial charge in [0.1, 0.15) is 17.7 Å². The summed E-state index contributed by atoms with van der Waals surface area (Å²) in [5.74, 6) is -2.31. The minimum absolute atomic E-state index is 0.250. The Bertz CT molecular complexity index is 1350. The Morgan fingerprint density at radius 3 is 2.33 bits per heavy atom. The number of hydrogen-bond acceptors (Lipinski definition) is 4. The number of halogens is 2. The number of ketones is 1. The summed E-state index contributed by atoms with van der Waals surface area (Å²) in [6.07, 6.45) is 3.60. The van der Waals surface area contributed by atoms with Crippen LogP contribution in [0.15, 0.2) is 78.9 Å². The molecule has 2 aliphatic heterocycles. The van der Waals surface area contributed by atoms with Crippen LogP contribution in [-0.4, -0.2) is 17.9 Å².